The highest BCUT2D eigenvalue weighted by Crippen LogP contribution is 2.26. The van der Waals surface area contributed by atoms with Gasteiger partial charge in [-0.05, 0) is 12.1 Å². The third-order valence-electron chi connectivity index (χ3n) is 1.94. The van der Waals surface area contributed by atoms with Crippen molar-refractivity contribution in [2.24, 2.45) is 0 Å². The molecule has 0 aliphatic heterocycles. The molecule has 0 radical (unpaired) electrons. The summed E-state index contributed by atoms with van der Waals surface area (Å²) < 4.78 is 10.0. The monoisotopic (exact) mass is 258 g/mol. The van der Waals surface area contributed by atoms with Crippen LogP contribution in [0.3, 0.4) is 0 Å². The maximum absolute atomic E-state index is 11.3. The highest BCUT2D eigenvalue weighted by molar-refractivity contribution is 6.32. The summed E-state index contributed by atoms with van der Waals surface area (Å²) in [6.07, 6.45) is 0. The van der Waals surface area contributed by atoms with Crippen molar-refractivity contribution in [3.05, 3.63) is 23.2 Å². The summed E-state index contributed by atoms with van der Waals surface area (Å²) in [6.45, 7) is 0.807. The lowest BCUT2D eigenvalue weighted by atomic mass is 10.3. The molecule has 1 amide bonds. The van der Waals surface area contributed by atoms with Crippen LogP contribution in [0, 0.1) is 0 Å². The summed E-state index contributed by atoms with van der Waals surface area (Å²) in [5, 5.41) is 3.04. The van der Waals surface area contributed by atoms with Crippen LogP contribution in [0.5, 0.6) is 5.75 Å². The molecule has 1 rings (SSSR count). The molecule has 17 heavy (non-hydrogen) atoms. The highest BCUT2D eigenvalue weighted by atomic mass is 35.5. The van der Waals surface area contributed by atoms with Crippen molar-refractivity contribution < 1.29 is 14.3 Å². The summed E-state index contributed by atoms with van der Waals surface area (Å²) in [7, 11) is 1.56. The Labute approximate surface area is 105 Å². The Bertz CT molecular complexity index is 385. The zero-order chi connectivity index (χ0) is 12.7. The molecule has 5 nitrogen and oxygen atoms in total. The zero-order valence-electron chi connectivity index (χ0n) is 9.53. The molecule has 0 fully saturated rings. The first-order valence-electron chi connectivity index (χ1n) is 5.07. The number of anilines is 1. The number of carbonyl (C=O) groups is 1. The lowest BCUT2D eigenvalue weighted by Gasteiger charge is -2.09. The fourth-order valence-electron chi connectivity index (χ4n) is 1.12. The van der Waals surface area contributed by atoms with Crippen LogP contribution in [-0.4, -0.2) is 32.8 Å². The van der Waals surface area contributed by atoms with E-state index >= 15 is 0 Å². The normalized spacial score (nSPS) is 10.0. The minimum absolute atomic E-state index is 0.104. The third-order valence-corrected chi connectivity index (χ3v) is 2.25. The summed E-state index contributed by atoms with van der Waals surface area (Å²) >= 11 is 5.87. The van der Waals surface area contributed by atoms with Gasteiger partial charge in [0.15, 0.2) is 6.61 Å². The molecule has 94 valence electrons. The van der Waals surface area contributed by atoms with E-state index in [1.54, 1.807) is 25.3 Å². The van der Waals surface area contributed by atoms with Gasteiger partial charge in [0.05, 0.1) is 11.6 Å². The average Bonchev–Trinajstić information content (AvgIpc) is 2.31. The fourth-order valence-corrected chi connectivity index (χ4v) is 1.29. The molecule has 0 atom stereocenters. The highest BCUT2D eigenvalue weighted by Gasteiger charge is 2.05. The van der Waals surface area contributed by atoms with Gasteiger partial charge in [-0.3, -0.25) is 4.79 Å². The van der Waals surface area contributed by atoms with E-state index in [4.69, 9.17) is 26.8 Å². The van der Waals surface area contributed by atoms with Crippen LogP contribution in [0.2, 0.25) is 5.02 Å². The lowest BCUT2D eigenvalue weighted by molar-refractivity contribution is -0.123. The smallest absolute Gasteiger partial charge is 0.258 e. The van der Waals surface area contributed by atoms with Crippen molar-refractivity contribution >= 4 is 23.2 Å². The summed E-state index contributed by atoms with van der Waals surface area (Å²) in [6, 6.07) is 4.85. The topological polar surface area (TPSA) is 73.6 Å². The first-order chi connectivity index (χ1) is 8.13. The Morgan fingerprint density at radius 2 is 2.29 bits per heavy atom. The lowest BCUT2D eigenvalue weighted by Crippen LogP contribution is -2.31. The number of halogens is 1. The summed E-state index contributed by atoms with van der Waals surface area (Å²) in [5.74, 6) is 0.161. The van der Waals surface area contributed by atoms with Gasteiger partial charge < -0.3 is 20.5 Å². The maximum atomic E-state index is 11.3. The van der Waals surface area contributed by atoms with E-state index in [0.29, 0.717) is 29.6 Å². The standard InChI is InChI=1S/C11H15ClN2O3/c1-16-5-4-14-11(15)7-17-10-6-8(13)2-3-9(10)12/h2-3,6H,4-5,7,13H2,1H3,(H,14,15). The molecule has 0 aromatic heterocycles. The Morgan fingerprint density at radius 3 is 3.00 bits per heavy atom. The van der Waals surface area contributed by atoms with Gasteiger partial charge in [-0.2, -0.15) is 0 Å². The van der Waals surface area contributed by atoms with Crippen LogP contribution in [-0.2, 0) is 9.53 Å². The molecule has 0 aliphatic rings. The molecular weight excluding hydrogens is 244 g/mol. The number of benzene rings is 1. The van der Waals surface area contributed by atoms with Crippen molar-refractivity contribution in [2.75, 3.05) is 32.6 Å². The number of carbonyl (C=O) groups excluding carboxylic acids is 1. The number of nitrogen functional groups attached to an aromatic ring is 1. The second-order valence-corrected chi connectivity index (χ2v) is 3.73. The SMILES string of the molecule is COCCNC(=O)COc1cc(N)ccc1Cl. The first-order valence-corrected chi connectivity index (χ1v) is 5.44. The van der Waals surface area contributed by atoms with Gasteiger partial charge in [-0.1, -0.05) is 11.6 Å². The first kappa shape index (κ1) is 13.6. The number of amides is 1. The minimum Gasteiger partial charge on any atom is -0.482 e. The second kappa shape index (κ2) is 6.98. The Kier molecular flexibility index (Phi) is 5.59. The Balaban J connectivity index is 2.39. The van der Waals surface area contributed by atoms with E-state index < -0.39 is 0 Å². The van der Waals surface area contributed by atoms with Crippen LogP contribution in [0.1, 0.15) is 0 Å². The molecular formula is C11H15ClN2O3. The van der Waals surface area contributed by atoms with E-state index in [-0.39, 0.29) is 12.5 Å². The van der Waals surface area contributed by atoms with Gasteiger partial charge in [0.2, 0.25) is 0 Å². The molecule has 3 N–H and O–H groups in total. The van der Waals surface area contributed by atoms with Crippen molar-refractivity contribution in [1.82, 2.24) is 5.32 Å². The molecule has 0 spiro atoms. The van der Waals surface area contributed by atoms with Crippen molar-refractivity contribution in [3.63, 3.8) is 0 Å². The van der Waals surface area contributed by atoms with E-state index in [9.17, 15) is 4.79 Å². The predicted octanol–water partition coefficient (Wildman–Crippen LogP) is 1.06. The molecule has 0 aliphatic carbocycles. The molecule has 0 bridgehead atoms. The molecule has 0 saturated heterocycles. The van der Waals surface area contributed by atoms with Crippen LogP contribution in [0.25, 0.3) is 0 Å². The molecule has 6 heteroatoms. The second-order valence-electron chi connectivity index (χ2n) is 3.32. The molecule has 0 saturated carbocycles. The molecule has 0 unspecified atom stereocenters. The van der Waals surface area contributed by atoms with Crippen molar-refractivity contribution in [2.45, 2.75) is 0 Å². The van der Waals surface area contributed by atoms with Crippen molar-refractivity contribution in [3.8, 4) is 5.75 Å². The molecule has 0 heterocycles. The van der Waals surface area contributed by atoms with E-state index in [0.717, 1.165) is 0 Å². The van der Waals surface area contributed by atoms with Crippen LogP contribution >= 0.6 is 11.6 Å². The Hall–Kier alpha value is -1.46. The van der Waals surface area contributed by atoms with Crippen LogP contribution in [0.4, 0.5) is 5.69 Å². The van der Waals surface area contributed by atoms with Gasteiger partial charge in [-0.15, -0.1) is 0 Å². The number of rotatable bonds is 6. The third kappa shape index (κ3) is 4.93. The van der Waals surface area contributed by atoms with Gasteiger partial charge in [0.25, 0.3) is 5.91 Å². The summed E-state index contributed by atoms with van der Waals surface area (Å²) in [4.78, 5) is 11.3. The number of ether oxygens (including phenoxy) is 2. The number of methoxy groups -OCH3 is 1. The predicted molar refractivity (Wildman–Crippen MR) is 66.2 cm³/mol. The van der Waals surface area contributed by atoms with Gasteiger partial charge in [0, 0.05) is 25.4 Å². The van der Waals surface area contributed by atoms with Gasteiger partial charge in [0.1, 0.15) is 5.75 Å². The molecule has 1 aromatic carbocycles. The Morgan fingerprint density at radius 1 is 1.53 bits per heavy atom. The zero-order valence-corrected chi connectivity index (χ0v) is 10.3. The fraction of sp³-hybridized carbons (Fsp3) is 0.364. The summed E-state index contributed by atoms with van der Waals surface area (Å²) in [5.41, 5.74) is 6.11. The van der Waals surface area contributed by atoms with Crippen LogP contribution < -0.4 is 15.8 Å². The quantitative estimate of drug-likeness (QED) is 0.591. The largest absolute Gasteiger partial charge is 0.482 e. The number of hydrogen-bond donors (Lipinski definition) is 2. The number of nitrogens with one attached hydrogen (secondary N) is 1. The maximum Gasteiger partial charge on any atom is 0.258 e. The van der Waals surface area contributed by atoms with E-state index in [1.807, 2.05) is 0 Å². The van der Waals surface area contributed by atoms with Crippen molar-refractivity contribution in [1.29, 1.82) is 0 Å². The van der Waals surface area contributed by atoms with Gasteiger partial charge >= 0.3 is 0 Å². The minimum atomic E-state index is -0.236. The van der Waals surface area contributed by atoms with E-state index in [1.165, 1.54) is 0 Å². The number of hydrogen-bond acceptors (Lipinski definition) is 4. The number of nitrogens with two attached hydrogens (primary N) is 1. The van der Waals surface area contributed by atoms with Crippen LogP contribution in [0.15, 0.2) is 18.2 Å². The molecule has 1 aromatic rings. The van der Waals surface area contributed by atoms with Gasteiger partial charge in [-0.25, -0.2) is 0 Å². The van der Waals surface area contributed by atoms with E-state index in [2.05, 4.69) is 5.32 Å². The average molecular weight is 259 g/mol.